The summed E-state index contributed by atoms with van der Waals surface area (Å²) in [5, 5.41) is 8.12. The van der Waals surface area contributed by atoms with Crippen molar-refractivity contribution in [2.24, 2.45) is 0 Å². The van der Waals surface area contributed by atoms with Gasteiger partial charge in [0, 0.05) is 22.7 Å². The quantitative estimate of drug-likeness (QED) is 0.634. The molecule has 1 heterocycles. The zero-order valence-electron chi connectivity index (χ0n) is 14.6. The Hall–Kier alpha value is -1.78. The topological polar surface area (TPSA) is 33.3 Å². The lowest BCUT2D eigenvalue weighted by atomic mass is 9.77. The number of thiocarbonyl (C=S) groups is 1. The van der Waals surface area contributed by atoms with Gasteiger partial charge in [-0.2, -0.15) is 0 Å². The van der Waals surface area contributed by atoms with Crippen molar-refractivity contribution in [2.45, 2.75) is 50.2 Å². The van der Waals surface area contributed by atoms with Crippen molar-refractivity contribution < 1.29 is 4.74 Å². The summed E-state index contributed by atoms with van der Waals surface area (Å²) in [6.07, 6.45) is 6.98. The normalized spacial score (nSPS) is 20.7. The van der Waals surface area contributed by atoms with Crippen molar-refractivity contribution in [2.75, 3.05) is 5.32 Å². The summed E-state index contributed by atoms with van der Waals surface area (Å²) in [6.45, 7) is 0. The molecule has 0 radical (unpaired) electrons. The Labute approximate surface area is 165 Å². The molecule has 1 spiro atoms. The summed E-state index contributed by atoms with van der Waals surface area (Å²) in [6, 6.07) is 16.0. The number of ether oxygens (including phenoxy) is 1. The van der Waals surface area contributed by atoms with Gasteiger partial charge >= 0.3 is 0 Å². The van der Waals surface area contributed by atoms with E-state index in [0.29, 0.717) is 10.1 Å². The van der Waals surface area contributed by atoms with Gasteiger partial charge in [-0.3, -0.25) is 0 Å². The van der Waals surface area contributed by atoms with Gasteiger partial charge < -0.3 is 15.4 Å². The molecule has 0 amide bonds. The molecule has 0 aromatic heterocycles. The summed E-state index contributed by atoms with van der Waals surface area (Å²) in [5.41, 5.74) is 2.06. The first kappa shape index (κ1) is 17.6. The number of benzene rings is 2. The lowest BCUT2D eigenvalue weighted by Gasteiger charge is -2.45. The van der Waals surface area contributed by atoms with Crippen LogP contribution in [-0.4, -0.2) is 10.7 Å². The van der Waals surface area contributed by atoms with E-state index in [-0.39, 0.29) is 11.6 Å². The van der Waals surface area contributed by atoms with Crippen LogP contribution in [0.2, 0.25) is 5.02 Å². The van der Waals surface area contributed by atoms with Gasteiger partial charge in [-0.25, -0.2) is 0 Å². The first-order valence-corrected chi connectivity index (χ1v) is 10.0. The maximum atomic E-state index is 6.49. The van der Waals surface area contributed by atoms with Crippen molar-refractivity contribution in [1.82, 2.24) is 5.32 Å². The molecule has 1 saturated carbocycles. The summed E-state index contributed by atoms with van der Waals surface area (Å²) < 4.78 is 6.49. The molecule has 26 heavy (non-hydrogen) atoms. The van der Waals surface area contributed by atoms with Crippen LogP contribution in [0.4, 0.5) is 5.69 Å². The number of hydrogen-bond donors (Lipinski definition) is 2. The van der Waals surface area contributed by atoms with E-state index in [1.54, 1.807) is 0 Å². The molecule has 2 aliphatic rings. The van der Waals surface area contributed by atoms with Crippen LogP contribution in [0.25, 0.3) is 0 Å². The minimum atomic E-state index is -0.0554. The van der Waals surface area contributed by atoms with Gasteiger partial charge in [-0.05, 0) is 68.2 Å². The van der Waals surface area contributed by atoms with Crippen LogP contribution in [0.1, 0.15) is 50.1 Å². The molecule has 1 aliphatic carbocycles. The third kappa shape index (κ3) is 3.81. The number of halogens is 1. The molecule has 2 N–H and O–H groups in total. The second kappa shape index (κ2) is 7.45. The largest absolute Gasteiger partial charge is 0.487 e. The average molecular weight is 387 g/mol. The molecular formula is C21H23ClN2OS. The van der Waals surface area contributed by atoms with Gasteiger partial charge in [0.25, 0.3) is 0 Å². The summed E-state index contributed by atoms with van der Waals surface area (Å²) in [7, 11) is 0. The van der Waals surface area contributed by atoms with E-state index in [4.69, 9.17) is 28.6 Å². The molecule has 1 atom stereocenters. The minimum absolute atomic E-state index is 0.0554. The SMILES string of the molecule is S=C(Nc1ccc(Cl)cc1)N[C@@H]1CC2(CCCCC2)Oc2ccccc21. The number of para-hydroxylation sites is 1. The number of rotatable bonds is 2. The number of anilines is 1. The highest BCUT2D eigenvalue weighted by Crippen LogP contribution is 2.46. The summed E-state index contributed by atoms with van der Waals surface area (Å²) in [4.78, 5) is 0. The molecule has 0 unspecified atom stereocenters. The van der Waals surface area contributed by atoms with Crippen molar-refractivity contribution in [3.63, 3.8) is 0 Å². The van der Waals surface area contributed by atoms with Crippen molar-refractivity contribution in [3.05, 3.63) is 59.1 Å². The molecule has 136 valence electrons. The van der Waals surface area contributed by atoms with E-state index in [9.17, 15) is 0 Å². The maximum Gasteiger partial charge on any atom is 0.171 e. The summed E-state index contributed by atoms with van der Waals surface area (Å²) in [5.74, 6) is 0.993. The molecule has 2 aromatic rings. The third-order valence-electron chi connectivity index (χ3n) is 5.37. The zero-order chi connectivity index (χ0) is 18.0. The van der Waals surface area contributed by atoms with Crippen molar-refractivity contribution >= 4 is 34.6 Å². The van der Waals surface area contributed by atoms with Crippen LogP contribution < -0.4 is 15.4 Å². The fraction of sp³-hybridized carbons (Fsp3) is 0.381. The fourth-order valence-corrected chi connectivity index (χ4v) is 4.49. The molecule has 1 aliphatic heterocycles. The predicted molar refractivity (Wildman–Crippen MR) is 111 cm³/mol. The molecule has 0 bridgehead atoms. The van der Waals surface area contributed by atoms with Gasteiger partial charge in [-0.15, -0.1) is 0 Å². The van der Waals surface area contributed by atoms with E-state index >= 15 is 0 Å². The molecule has 4 rings (SSSR count). The smallest absolute Gasteiger partial charge is 0.171 e. The summed E-state index contributed by atoms with van der Waals surface area (Å²) >= 11 is 11.5. The van der Waals surface area contributed by atoms with E-state index in [1.807, 2.05) is 30.3 Å². The van der Waals surface area contributed by atoms with Crippen molar-refractivity contribution in [1.29, 1.82) is 0 Å². The Morgan fingerprint density at radius 1 is 1.04 bits per heavy atom. The van der Waals surface area contributed by atoms with Gasteiger partial charge in [0.05, 0.1) is 6.04 Å². The first-order valence-electron chi connectivity index (χ1n) is 9.25. The zero-order valence-corrected chi connectivity index (χ0v) is 16.2. The Balaban J connectivity index is 1.52. The second-order valence-electron chi connectivity index (χ2n) is 7.25. The Kier molecular flexibility index (Phi) is 5.05. The van der Waals surface area contributed by atoms with Crippen molar-refractivity contribution in [3.8, 4) is 5.75 Å². The number of hydrogen-bond acceptors (Lipinski definition) is 2. The van der Waals surface area contributed by atoms with Crippen LogP contribution in [-0.2, 0) is 0 Å². The monoisotopic (exact) mass is 386 g/mol. The number of fused-ring (bicyclic) bond motifs is 1. The fourth-order valence-electron chi connectivity index (χ4n) is 4.11. The van der Waals surface area contributed by atoms with E-state index in [0.717, 1.165) is 30.7 Å². The lowest BCUT2D eigenvalue weighted by Crippen LogP contribution is -2.47. The molecule has 5 heteroatoms. The van der Waals surface area contributed by atoms with Gasteiger partial charge in [0.2, 0.25) is 0 Å². The standard InChI is InChI=1S/C21H23ClN2OS/c22-15-8-10-16(11-9-15)23-20(26)24-18-14-21(12-4-1-5-13-21)25-19-7-3-2-6-17(18)19/h2-3,6-11,18H,1,4-5,12-14H2,(H2,23,24,26)/t18-/m1/s1. The lowest BCUT2D eigenvalue weighted by molar-refractivity contribution is -0.000309. The molecule has 2 aromatic carbocycles. The molecule has 3 nitrogen and oxygen atoms in total. The van der Waals surface area contributed by atoms with Crippen LogP contribution in [0.3, 0.4) is 0 Å². The Morgan fingerprint density at radius 3 is 2.54 bits per heavy atom. The first-order chi connectivity index (χ1) is 12.6. The highest BCUT2D eigenvalue weighted by molar-refractivity contribution is 7.80. The van der Waals surface area contributed by atoms with Crippen LogP contribution in [0, 0.1) is 0 Å². The van der Waals surface area contributed by atoms with Gasteiger partial charge in [0.15, 0.2) is 5.11 Å². The second-order valence-corrected chi connectivity index (χ2v) is 8.09. The van der Waals surface area contributed by atoms with Gasteiger partial charge in [-0.1, -0.05) is 36.2 Å². The molecule has 0 saturated heterocycles. The van der Waals surface area contributed by atoms with E-state index in [1.165, 1.54) is 24.8 Å². The van der Waals surface area contributed by atoms with Gasteiger partial charge in [0.1, 0.15) is 11.4 Å². The van der Waals surface area contributed by atoms with E-state index in [2.05, 4.69) is 28.8 Å². The number of nitrogens with one attached hydrogen (secondary N) is 2. The van der Waals surface area contributed by atoms with E-state index < -0.39 is 0 Å². The third-order valence-corrected chi connectivity index (χ3v) is 5.84. The van der Waals surface area contributed by atoms with Crippen LogP contribution >= 0.6 is 23.8 Å². The highest BCUT2D eigenvalue weighted by atomic mass is 35.5. The Bertz CT molecular complexity index is 787. The highest BCUT2D eigenvalue weighted by Gasteiger charge is 2.41. The minimum Gasteiger partial charge on any atom is -0.487 e. The maximum absolute atomic E-state index is 6.49. The van der Waals surface area contributed by atoms with Crippen LogP contribution in [0.5, 0.6) is 5.75 Å². The van der Waals surface area contributed by atoms with Crippen LogP contribution in [0.15, 0.2) is 48.5 Å². The average Bonchev–Trinajstić information content (AvgIpc) is 2.64. The molecule has 1 fully saturated rings. The Morgan fingerprint density at radius 2 is 1.77 bits per heavy atom. The molecular weight excluding hydrogens is 364 g/mol. The predicted octanol–water partition coefficient (Wildman–Crippen LogP) is 5.85.